The first-order valence-corrected chi connectivity index (χ1v) is 17.3. The van der Waals surface area contributed by atoms with E-state index in [4.69, 9.17) is 9.47 Å². The summed E-state index contributed by atoms with van der Waals surface area (Å²) >= 11 is 1.27. The standard InChI is InChI=1S/C36H57N5O3S/c1-11-15-28(12-2)36(42,13-3)19-18-34(7,8)44-25-35(9,10)43-21-20-41(14-4)29-16-17-31(26(5)22-29)39-40-33-30(23-37)27(6)32(24-38)45-33/h16-17,22,28,39-40,42H,11-15,18-21,25H2,1-10H3. The van der Waals surface area contributed by atoms with Crippen LogP contribution in [0.2, 0.25) is 0 Å². The Bertz CT molecular complexity index is 1310. The van der Waals surface area contributed by atoms with Gasteiger partial charge in [-0.2, -0.15) is 10.5 Å². The molecule has 45 heavy (non-hydrogen) atoms. The first-order chi connectivity index (χ1) is 21.2. The molecule has 0 aliphatic heterocycles. The molecule has 0 aliphatic carbocycles. The smallest absolute Gasteiger partial charge is 0.127 e. The van der Waals surface area contributed by atoms with Gasteiger partial charge in [-0.05, 0) is 109 Å². The number of aliphatic hydroxyl groups is 1. The summed E-state index contributed by atoms with van der Waals surface area (Å²) in [6.07, 6.45) is 5.44. The van der Waals surface area contributed by atoms with Gasteiger partial charge in [0.05, 0.1) is 41.3 Å². The number of ether oxygens (including phenoxy) is 2. The van der Waals surface area contributed by atoms with Crippen LogP contribution in [-0.4, -0.2) is 48.2 Å². The van der Waals surface area contributed by atoms with Gasteiger partial charge in [0, 0.05) is 18.8 Å². The lowest BCUT2D eigenvalue weighted by Crippen LogP contribution is -2.42. The molecule has 1 aromatic heterocycles. The van der Waals surface area contributed by atoms with Gasteiger partial charge in [0.2, 0.25) is 0 Å². The van der Waals surface area contributed by atoms with Crippen molar-refractivity contribution in [2.45, 2.75) is 125 Å². The van der Waals surface area contributed by atoms with Gasteiger partial charge in [0.25, 0.3) is 0 Å². The third-order valence-corrected chi connectivity index (χ3v) is 10.1. The minimum absolute atomic E-state index is 0.323. The molecule has 2 aromatic rings. The van der Waals surface area contributed by atoms with E-state index in [1.165, 1.54) is 11.3 Å². The Labute approximate surface area is 276 Å². The Kier molecular flexibility index (Phi) is 14.7. The third kappa shape index (κ3) is 10.9. The van der Waals surface area contributed by atoms with E-state index >= 15 is 0 Å². The summed E-state index contributed by atoms with van der Waals surface area (Å²) < 4.78 is 12.7. The molecule has 250 valence electrons. The second-order valence-electron chi connectivity index (χ2n) is 13.3. The van der Waals surface area contributed by atoms with Crippen molar-refractivity contribution in [1.29, 1.82) is 10.5 Å². The Balaban J connectivity index is 1.91. The van der Waals surface area contributed by atoms with E-state index < -0.39 is 11.2 Å². The highest BCUT2D eigenvalue weighted by atomic mass is 32.1. The van der Waals surface area contributed by atoms with Crippen molar-refractivity contribution in [2.75, 3.05) is 42.1 Å². The molecule has 1 aromatic carbocycles. The zero-order valence-electron chi connectivity index (χ0n) is 29.4. The van der Waals surface area contributed by atoms with Crippen LogP contribution in [0.5, 0.6) is 0 Å². The fraction of sp³-hybridized carbons (Fsp3) is 0.667. The lowest BCUT2D eigenvalue weighted by atomic mass is 9.76. The maximum atomic E-state index is 11.4. The third-order valence-electron chi connectivity index (χ3n) is 8.95. The van der Waals surface area contributed by atoms with Crippen LogP contribution in [-0.2, 0) is 9.47 Å². The molecule has 2 rings (SSSR count). The van der Waals surface area contributed by atoms with Crippen molar-refractivity contribution in [3.63, 3.8) is 0 Å². The summed E-state index contributed by atoms with van der Waals surface area (Å²) in [6.45, 7) is 23.4. The number of anilines is 3. The predicted octanol–water partition coefficient (Wildman–Crippen LogP) is 8.71. The number of nitrogens with zero attached hydrogens (tertiary/aromatic N) is 3. The van der Waals surface area contributed by atoms with E-state index in [-0.39, 0.29) is 5.60 Å². The Morgan fingerprint density at radius 1 is 0.978 bits per heavy atom. The molecule has 0 aliphatic rings. The van der Waals surface area contributed by atoms with Crippen molar-refractivity contribution in [2.24, 2.45) is 5.92 Å². The summed E-state index contributed by atoms with van der Waals surface area (Å²) in [6, 6.07) is 10.6. The molecule has 1 heterocycles. The highest BCUT2D eigenvalue weighted by Gasteiger charge is 2.36. The molecular weight excluding hydrogens is 582 g/mol. The maximum Gasteiger partial charge on any atom is 0.127 e. The van der Waals surface area contributed by atoms with Crippen LogP contribution in [0.1, 0.15) is 115 Å². The number of aryl methyl sites for hydroxylation is 1. The lowest BCUT2D eigenvalue weighted by Gasteiger charge is -2.39. The van der Waals surface area contributed by atoms with Crippen LogP contribution >= 0.6 is 11.3 Å². The highest BCUT2D eigenvalue weighted by molar-refractivity contribution is 7.17. The molecule has 0 amide bonds. The SMILES string of the molecule is CCCC(CC)C(O)(CC)CCC(C)(C)OCC(C)(C)OCCN(CC)c1ccc(NNc2sc(C#N)c(C)c2C#N)c(C)c1. The second-order valence-corrected chi connectivity index (χ2v) is 14.3. The highest BCUT2D eigenvalue weighted by Crippen LogP contribution is 2.36. The van der Waals surface area contributed by atoms with Gasteiger partial charge >= 0.3 is 0 Å². The average molecular weight is 640 g/mol. The molecule has 0 fully saturated rings. The normalized spacial score (nSPS) is 13.9. The maximum absolute atomic E-state index is 11.4. The molecule has 0 spiro atoms. The molecule has 0 saturated heterocycles. The number of nitriles is 2. The first kappa shape index (κ1) is 38.4. The summed E-state index contributed by atoms with van der Waals surface area (Å²) in [7, 11) is 0. The van der Waals surface area contributed by atoms with Crippen molar-refractivity contribution in [1.82, 2.24) is 0 Å². The van der Waals surface area contributed by atoms with Gasteiger partial charge in [-0.3, -0.25) is 10.9 Å². The molecule has 3 N–H and O–H groups in total. The minimum atomic E-state index is -0.642. The average Bonchev–Trinajstić information content (AvgIpc) is 3.33. The molecule has 2 unspecified atom stereocenters. The molecule has 2 atom stereocenters. The zero-order valence-corrected chi connectivity index (χ0v) is 30.2. The fourth-order valence-electron chi connectivity index (χ4n) is 5.72. The van der Waals surface area contributed by atoms with Crippen LogP contribution in [0, 0.1) is 42.4 Å². The number of hydrogen-bond acceptors (Lipinski definition) is 9. The lowest BCUT2D eigenvalue weighted by molar-refractivity contribution is -0.129. The number of nitrogens with one attached hydrogen (secondary N) is 2. The van der Waals surface area contributed by atoms with Gasteiger partial charge < -0.3 is 19.5 Å². The molecule has 9 heteroatoms. The fourth-order valence-corrected chi connectivity index (χ4v) is 6.63. The van der Waals surface area contributed by atoms with Gasteiger partial charge in [-0.25, -0.2) is 0 Å². The Hall–Kier alpha value is -2.82. The van der Waals surface area contributed by atoms with E-state index in [2.05, 4.69) is 95.4 Å². The van der Waals surface area contributed by atoms with Crippen molar-refractivity contribution < 1.29 is 14.6 Å². The number of hydrazine groups is 1. The largest absolute Gasteiger partial charge is 0.390 e. The quantitative estimate of drug-likeness (QED) is 0.123. The van der Waals surface area contributed by atoms with Crippen LogP contribution < -0.4 is 15.8 Å². The molecular formula is C36H57N5O3S. The molecule has 0 bridgehead atoms. The van der Waals surface area contributed by atoms with Crippen molar-refractivity contribution >= 4 is 27.7 Å². The minimum Gasteiger partial charge on any atom is -0.390 e. The van der Waals surface area contributed by atoms with E-state index in [0.29, 0.717) is 40.1 Å². The molecule has 8 nitrogen and oxygen atoms in total. The van der Waals surface area contributed by atoms with Crippen molar-refractivity contribution in [3.05, 3.63) is 39.8 Å². The van der Waals surface area contributed by atoms with E-state index in [9.17, 15) is 15.6 Å². The topological polar surface area (TPSA) is 114 Å². The summed E-state index contributed by atoms with van der Waals surface area (Å²) in [5.74, 6) is 0.323. The van der Waals surface area contributed by atoms with Crippen LogP contribution in [0.15, 0.2) is 18.2 Å². The second kappa shape index (κ2) is 17.2. The van der Waals surface area contributed by atoms with Gasteiger partial charge in [0.1, 0.15) is 22.0 Å². The van der Waals surface area contributed by atoms with E-state index in [1.807, 2.05) is 13.0 Å². The van der Waals surface area contributed by atoms with E-state index in [1.54, 1.807) is 6.92 Å². The van der Waals surface area contributed by atoms with E-state index in [0.717, 1.165) is 68.6 Å². The van der Waals surface area contributed by atoms with Crippen LogP contribution in [0.25, 0.3) is 0 Å². The number of rotatable bonds is 20. The molecule has 0 saturated carbocycles. The predicted molar refractivity (Wildman–Crippen MR) is 188 cm³/mol. The van der Waals surface area contributed by atoms with Crippen LogP contribution in [0.3, 0.4) is 0 Å². The number of hydrogen-bond donors (Lipinski definition) is 3. The Morgan fingerprint density at radius 3 is 2.24 bits per heavy atom. The van der Waals surface area contributed by atoms with Gasteiger partial charge in [-0.15, -0.1) is 11.3 Å². The summed E-state index contributed by atoms with van der Waals surface area (Å²) in [5.41, 5.74) is 9.12. The Morgan fingerprint density at radius 2 is 1.69 bits per heavy atom. The number of thiophene rings is 1. The van der Waals surface area contributed by atoms with Crippen LogP contribution in [0.4, 0.5) is 16.4 Å². The summed E-state index contributed by atoms with van der Waals surface area (Å²) in [5, 5.41) is 30.9. The number of benzene rings is 1. The van der Waals surface area contributed by atoms with Crippen molar-refractivity contribution in [3.8, 4) is 12.1 Å². The molecule has 0 radical (unpaired) electrons. The monoisotopic (exact) mass is 639 g/mol. The number of likely N-dealkylation sites (N-methyl/N-ethyl adjacent to an activating group) is 1. The van der Waals surface area contributed by atoms with Gasteiger partial charge in [-0.1, -0.05) is 33.6 Å². The summed E-state index contributed by atoms with van der Waals surface area (Å²) in [4.78, 5) is 2.82. The van der Waals surface area contributed by atoms with Gasteiger partial charge in [0.15, 0.2) is 0 Å². The first-order valence-electron chi connectivity index (χ1n) is 16.5. The zero-order chi connectivity index (χ0) is 33.8.